The highest BCUT2D eigenvalue weighted by Crippen LogP contribution is 2.60. The standard InChI is InChI=1S/C18H25FO2/c1-13(2)18-9-8-16(3,21-18)17(4,12-18)20-11-14-6-5-7-15(19)10-14/h5-7,10,13H,8-9,11-12H2,1-4H3/t16-,17+,18+/m1/s1. The van der Waals surface area contributed by atoms with Crippen molar-refractivity contribution in [3.05, 3.63) is 35.6 Å². The van der Waals surface area contributed by atoms with Crippen LogP contribution in [0.5, 0.6) is 0 Å². The maximum absolute atomic E-state index is 13.3. The maximum atomic E-state index is 13.3. The zero-order valence-electron chi connectivity index (χ0n) is 13.4. The Bertz CT molecular complexity index is 544. The van der Waals surface area contributed by atoms with Gasteiger partial charge in [-0.1, -0.05) is 26.0 Å². The molecule has 2 heterocycles. The first-order chi connectivity index (χ1) is 9.79. The number of hydrogen-bond donors (Lipinski definition) is 0. The predicted octanol–water partition coefficient (Wildman–Crippen LogP) is 4.47. The highest BCUT2D eigenvalue weighted by atomic mass is 19.1. The molecule has 0 spiro atoms. The van der Waals surface area contributed by atoms with Crippen molar-refractivity contribution in [3.8, 4) is 0 Å². The Kier molecular flexibility index (Phi) is 3.42. The number of benzene rings is 1. The summed E-state index contributed by atoms with van der Waals surface area (Å²) in [5.41, 5.74) is 0.291. The fourth-order valence-electron chi connectivity index (χ4n) is 3.94. The molecule has 2 fully saturated rings. The maximum Gasteiger partial charge on any atom is 0.123 e. The van der Waals surface area contributed by atoms with Gasteiger partial charge in [0.25, 0.3) is 0 Å². The van der Waals surface area contributed by atoms with Crippen molar-refractivity contribution in [2.75, 3.05) is 0 Å². The molecule has 21 heavy (non-hydrogen) atoms. The van der Waals surface area contributed by atoms with E-state index in [0.29, 0.717) is 12.5 Å². The van der Waals surface area contributed by atoms with Crippen molar-refractivity contribution in [1.82, 2.24) is 0 Å². The van der Waals surface area contributed by atoms with E-state index in [9.17, 15) is 4.39 Å². The zero-order chi connectivity index (χ0) is 15.3. The van der Waals surface area contributed by atoms with Crippen molar-refractivity contribution >= 4 is 0 Å². The molecule has 116 valence electrons. The van der Waals surface area contributed by atoms with Crippen LogP contribution in [0.4, 0.5) is 4.39 Å². The summed E-state index contributed by atoms with van der Waals surface area (Å²) < 4.78 is 26.0. The Morgan fingerprint density at radius 2 is 2.05 bits per heavy atom. The van der Waals surface area contributed by atoms with Gasteiger partial charge >= 0.3 is 0 Å². The van der Waals surface area contributed by atoms with Gasteiger partial charge in [-0.15, -0.1) is 0 Å². The van der Waals surface area contributed by atoms with Crippen LogP contribution in [-0.2, 0) is 16.1 Å². The molecule has 2 bridgehead atoms. The molecule has 3 atom stereocenters. The summed E-state index contributed by atoms with van der Waals surface area (Å²) in [4.78, 5) is 0. The van der Waals surface area contributed by atoms with E-state index < -0.39 is 0 Å². The van der Waals surface area contributed by atoms with E-state index in [4.69, 9.17) is 9.47 Å². The molecule has 0 aromatic heterocycles. The number of fused-ring (bicyclic) bond motifs is 2. The van der Waals surface area contributed by atoms with Gasteiger partial charge in [0.15, 0.2) is 0 Å². The van der Waals surface area contributed by atoms with E-state index in [1.54, 1.807) is 6.07 Å². The molecule has 0 amide bonds. The van der Waals surface area contributed by atoms with Gasteiger partial charge in [0.1, 0.15) is 5.82 Å². The Morgan fingerprint density at radius 1 is 1.29 bits per heavy atom. The van der Waals surface area contributed by atoms with Crippen LogP contribution in [-0.4, -0.2) is 16.8 Å². The van der Waals surface area contributed by atoms with Crippen LogP contribution in [0.1, 0.15) is 52.5 Å². The summed E-state index contributed by atoms with van der Waals surface area (Å²) in [5.74, 6) is 0.272. The lowest BCUT2D eigenvalue weighted by atomic mass is 9.69. The molecule has 3 heteroatoms. The monoisotopic (exact) mass is 292 g/mol. The molecule has 1 aromatic carbocycles. The SMILES string of the molecule is CC(C)[C@@]12CC[C@@](C)(O1)[C@@](C)(OCc1cccc(F)c1)C2. The van der Waals surface area contributed by atoms with E-state index in [1.807, 2.05) is 6.07 Å². The van der Waals surface area contributed by atoms with E-state index >= 15 is 0 Å². The first kappa shape index (κ1) is 15.0. The van der Waals surface area contributed by atoms with Crippen LogP contribution in [0.15, 0.2) is 24.3 Å². The molecular weight excluding hydrogens is 267 g/mol. The minimum absolute atomic E-state index is 0.0502. The lowest BCUT2D eigenvalue weighted by Gasteiger charge is -2.40. The second-order valence-corrected chi connectivity index (χ2v) is 7.38. The minimum atomic E-state index is -0.304. The van der Waals surface area contributed by atoms with Crippen molar-refractivity contribution in [2.24, 2.45) is 5.92 Å². The van der Waals surface area contributed by atoms with E-state index in [0.717, 1.165) is 24.8 Å². The van der Waals surface area contributed by atoms with Crippen LogP contribution >= 0.6 is 0 Å². The molecular formula is C18H25FO2. The molecule has 2 nitrogen and oxygen atoms in total. The molecule has 0 unspecified atom stereocenters. The third-order valence-electron chi connectivity index (χ3n) is 5.71. The number of ether oxygens (including phenoxy) is 2. The highest BCUT2D eigenvalue weighted by molar-refractivity contribution is 5.18. The van der Waals surface area contributed by atoms with Gasteiger partial charge in [0.05, 0.1) is 23.4 Å². The second kappa shape index (κ2) is 4.79. The van der Waals surface area contributed by atoms with Gasteiger partial charge in [0, 0.05) is 6.42 Å². The molecule has 1 aromatic rings. The summed E-state index contributed by atoms with van der Waals surface area (Å²) in [6, 6.07) is 6.63. The quantitative estimate of drug-likeness (QED) is 0.815. The first-order valence-electron chi connectivity index (χ1n) is 7.87. The number of hydrogen-bond acceptors (Lipinski definition) is 2. The Balaban J connectivity index is 1.76. The number of halogens is 1. The van der Waals surface area contributed by atoms with Gasteiger partial charge < -0.3 is 9.47 Å². The van der Waals surface area contributed by atoms with Crippen molar-refractivity contribution in [1.29, 1.82) is 0 Å². The molecule has 2 aliphatic heterocycles. The summed E-state index contributed by atoms with van der Waals surface area (Å²) >= 11 is 0. The van der Waals surface area contributed by atoms with Gasteiger partial charge in [0.2, 0.25) is 0 Å². The lowest BCUT2D eigenvalue weighted by Crippen LogP contribution is -2.49. The predicted molar refractivity (Wildman–Crippen MR) is 80.5 cm³/mol. The minimum Gasteiger partial charge on any atom is -0.367 e. The number of rotatable bonds is 4. The van der Waals surface area contributed by atoms with Crippen LogP contribution in [0.3, 0.4) is 0 Å². The highest BCUT2D eigenvalue weighted by Gasteiger charge is 2.66. The summed E-state index contributed by atoms with van der Waals surface area (Å²) in [6.07, 6.45) is 3.06. The van der Waals surface area contributed by atoms with Gasteiger partial charge in [-0.25, -0.2) is 4.39 Å². The first-order valence-corrected chi connectivity index (χ1v) is 7.87. The van der Waals surface area contributed by atoms with Crippen LogP contribution in [0.25, 0.3) is 0 Å². The molecule has 0 saturated carbocycles. The van der Waals surface area contributed by atoms with Crippen LogP contribution in [0, 0.1) is 11.7 Å². The third kappa shape index (κ3) is 2.31. The van der Waals surface area contributed by atoms with Gasteiger partial charge in [-0.05, 0) is 50.3 Å². The Labute approximate surface area is 126 Å². The summed E-state index contributed by atoms with van der Waals surface area (Å²) in [5, 5.41) is 0. The summed E-state index contributed by atoms with van der Waals surface area (Å²) in [6.45, 7) is 9.20. The zero-order valence-corrected chi connectivity index (χ0v) is 13.4. The van der Waals surface area contributed by atoms with Crippen molar-refractivity contribution in [2.45, 2.75) is 70.4 Å². The average Bonchev–Trinajstić information content (AvgIpc) is 2.87. The second-order valence-electron chi connectivity index (χ2n) is 7.38. The average molecular weight is 292 g/mol. The third-order valence-corrected chi connectivity index (χ3v) is 5.71. The van der Waals surface area contributed by atoms with Gasteiger partial charge in [-0.3, -0.25) is 0 Å². The van der Waals surface area contributed by atoms with Crippen LogP contribution < -0.4 is 0 Å². The molecule has 3 rings (SSSR count). The lowest BCUT2D eigenvalue weighted by molar-refractivity contribution is -0.142. The fraction of sp³-hybridized carbons (Fsp3) is 0.667. The molecule has 2 aliphatic rings. The van der Waals surface area contributed by atoms with E-state index in [-0.39, 0.29) is 22.6 Å². The topological polar surface area (TPSA) is 18.5 Å². The fourth-order valence-corrected chi connectivity index (χ4v) is 3.94. The molecule has 0 aliphatic carbocycles. The molecule has 0 N–H and O–H groups in total. The van der Waals surface area contributed by atoms with Crippen molar-refractivity contribution < 1.29 is 13.9 Å². The van der Waals surface area contributed by atoms with Gasteiger partial charge in [-0.2, -0.15) is 0 Å². The molecule has 0 radical (unpaired) electrons. The Hall–Kier alpha value is -0.930. The van der Waals surface area contributed by atoms with Crippen LogP contribution in [0.2, 0.25) is 0 Å². The largest absolute Gasteiger partial charge is 0.367 e. The normalized spacial score (nSPS) is 38.4. The van der Waals surface area contributed by atoms with E-state index in [2.05, 4.69) is 27.7 Å². The molecule has 2 saturated heterocycles. The van der Waals surface area contributed by atoms with E-state index in [1.165, 1.54) is 12.1 Å². The van der Waals surface area contributed by atoms with Crippen molar-refractivity contribution in [3.63, 3.8) is 0 Å². The summed E-state index contributed by atoms with van der Waals surface area (Å²) in [7, 11) is 0. The smallest absolute Gasteiger partial charge is 0.123 e. The Morgan fingerprint density at radius 3 is 2.67 bits per heavy atom.